The number of amides is 1. The molecule has 1 amide bonds. The molecule has 0 fully saturated rings. The number of carbonyl (C=O) groups excluding carboxylic acids is 1. The highest BCUT2D eigenvalue weighted by Crippen LogP contribution is 2.19. The van der Waals surface area contributed by atoms with Gasteiger partial charge in [0.25, 0.3) is 5.91 Å². The molecule has 1 unspecified atom stereocenters. The van der Waals surface area contributed by atoms with Gasteiger partial charge in [0, 0.05) is 18.2 Å². The Bertz CT molecular complexity index is 704. The molecular weight excluding hydrogens is 285 g/mol. The number of rotatable bonds is 4. The van der Waals surface area contributed by atoms with Crippen LogP contribution in [0.2, 0.25) is 0 Å². The number of pyridine rings is 1. The number of hydrogen-bond donors (Lipinski definition) is 1. The molecule has 5 nitrogen and oxygen atoms in total. The van der Waals surface area contributed by atoms with Gasteiger partial charge in [-0.3, -0.25) is 9.78 Å². The molecule has 2 aromatic rings. The van der Waals surface area contributed by atoms with Crippen LogP contribution in [0, 0.1) is 5.82 Å². The smallest absolute Gasteiger partial charge is 0.264 e. The molecule has 1 aliphatic heterocycles. The zero-order valence-corrected chi connectivity index (χ0v) is 11.7. The van der Waals surface area contributed by atoms with Gasteiger partial charge in [0.2, 0.25) is 6.10 Å². The number of halogens is 1. The van der Waals surface area contributed by atoms with Crippen molar-refractivity contribution in [2.75, 3.05) is 0 Å². The van der Waals surface area contributed by atoms with Crippen molar-refractivity contribution >= 4 is 11.6 Å². The van der Waals surface area contributed by atoms with Crippen LogP contribution in [0.25, 0.3) is 0 Å². The van der Waals surface area contributed by atoms with E-state index in [0.717, 1.165) is 5.69 Å². The van der Waals surface area contributed by atoms with Crippen LogP contribution < -0.4 is 5.32 Å². The second-order valence-electron chi connectivity index (χ2n) is 4.85. The van der Waals surface area contributed by atoms with E-state index in [2.05, 4.69) is 15.5 Å². The molecule has 1 aliphatic rings. The Hall–Kier alpha value is -2.76. The molecule has 3 rings (SSSR count). The minimum absolute atomic E-state index is 0.245. The van der Waals surface area contributed by atoms with Crippen molar-refractivity contribution < 1.29 is 14.0 Å². The maximum absolute atomic E-state index is 13.7. The van der Waals surface area contributed by atoms with Gasteiger partial charge < -0.3 is 10.2 Å². The number of nitrogens with zero attached hydrogens (tertiary/aromatic N) is 2. The van der Waals surface area contributed by atoms with Crippen LogP contribution in [0.4, 0.5) is 4.39 Å². The van der Waals surface area contributed by atoms with Crippen molar-refractivity contribution in [2.45, 2.75) is 19.1 Å². The summed E-state index contributed by atoms with van der Waals surface area (Å²) >= 11 is 0. The van der Waals surface area contributed by atoms with Crippen molar-refractivity contribution in [3.8, 4) is 0 Å². The monoisotopic (exact) mass is 299 g/mol. The van der Waals surface area contributed by atoms with Gasteiger partial charge in [-0.15, -0.1) is 0 Å². The SMILES string of the molecule is O=C(NCc1ccccn1)C1CC(c2ccccc2F)=NO1. The van der Waals surface area contributed by atoms with Gasteiger partial charge in [-0.05, 0) is 18.2 Å². The van der Waals surface area contributed by atoms with Crippen molar-refractivity contribution in [1.29, 1.82) is 0 Å². The zero-order chi connectivity index (χ0) is 15.4. The summed E-state index contributed by atoms with van der Waals surface area (Å²) in [6.07, 6.45) is 1.17. The second kappa shape index (κ2) is 6.34. The average molecular weight is 299 g/mol. The average Bonchev–Trinajstić information content (AvgIpc) is 3.04. The first-order valence-electron chi connectivity index (χ1n) is 6.89. The highest BCUT2D eigenvalue weighted by Gasteiger charge is 2.29. The van der Waals surface area contributed by atoms with E-state index in [0.29, 0.717) is 17.8 Å². The van der Waals surface area contributed by atoms with Crippen molar-refractivity contribution in [1.82, 2.24) is 10.3 Å². The molecule has 22 heavy (non-hydrogen) atoms. The molecule has 0 bridgehead atoms. The first-order valence-corrected chi connectivity index (χ1v) is 6.89. The highest BCUT2D eigenvalue weighted by molar-refractivity contribution is 6.04. The fourth-order valence-corrected chi connectivity index (χ4v) is 2.17. The van der Waals surface area contributed by atoms with Gasteiger partial charge in [-0.1, -0.05) is 29.4 Å². The molecule has 0 spiro atoms. The number of benzene rings is 1. The highest BCUT2D eigenvalue weighted by atomic mass is 19.1. The van der Waals surface area contributed by atoms with E-state index in [9.17, 15) is 9.18 Å². The van der Waals surface area contributed by atoms with Crippen molar-refractivity contribution in [2.24, 2.45) is 5.16 Å². The molecule has 1 N–H and O–H groups in total. The summed E-state index contributed by atoms with van der Waals surface area (Å²) in [7, 11) is 0. The van der Waals surface area contributed by atoms with Crippen LogP contribution in [0.1, 0.15) is 17.7 Å². The normalized spacial score (nSPS) is 16.8. The number of carbonyl (C=O) groups is 1. The summed E-state index contributed by atoms with van der Waals surface area (Å²) in [5, 5.41) is 6.56. The summed E-state index contributed by atoms with van der Waals surface area (Å²) < 4.78 is 13.7. The standard InChI is InChI=1S/C16H14FN3O2/c17-13-7-2-1-6-12(13)14-9-15(22-20-14)16(21)19-10-11-5-3-4-8-18-11/h1-8,15H,9-10H2,(H,19,21). The molecule has 6 heteroatoms. The Kier molecular flexibility index (Phi) is 4.09. The summed E-state index contributed by atoms with van der Waals surface area (Å²) in [5.41, 5.74) is 1.56. The third-order valence-corrected chi connectivity index (χ3v) is 3.32. The van der Waals surface area contributed by atoms with Crippen LogP contribution in [0.3, 0.4) is 0 Å². The molecule has 1 aromatic carbocycles. The first-order chi connectivity index (χ1) is 10.7. The number of aromatic nitrogens is 1. The predicted molar refractivity (Wildman–Crippen MR) is 78.5 cm³/mol. The summed E-state index contributed by atoms with van der Waals surface area (Å²) in [6.45, 7) is 0.314. The molecule has 112 valence electrons. The minimum atomic E-state index is -0.738. The molecule has 0 radical (unpaired) electrons. The third kappa shape index (κ3) is 3.11. The number of oxime groups is 1. The van der Waals surface area contributed by atoms with Crippen LogP contribution >= 0.6 is 0 Å². The molecule has 0 aliphatic carbocycles. The van der Waals surface area contributed by atoms with Crippen LogP contribution in [0.5, 0.6) is 0 Å². The van der Waals surface area contributed by atoms with E-state index in [1.807, 2.05) is 12.1 Å². The van der Waals surface area contributed by atoms with E-state index >= 15 is 0 Å². The first kappa shape index (κ1) is 14.2. The topological polar surface area (TPSA) is 63.6 Å². The van der Waals surface area contributed by atoms with Gasteiger partial charge in [0.1, 0.15) is 5.82 Å². The third-order valence-electron chi connectivity index (χ3n) is 3.32. The minimum Gasteiger partial charge on any atom is -0.382 e. The molecule has 2 heterocycles. The summed E-state index contributed by atoms with van der Waals surface area (Å²) in [4.78, 5) is 21.3. The van der Waals surface area contributed by atoms with Crippen LogP contribution in [-0.4, -0.2) is 22.7 Å². The van der Waals surface area contributed by atoms with E-state index in [1.165, 1.54) is 6.07 Å². The molecule has 1 atom stereocenters. The van der Waals surface area contributed by atoms with Crippen LogP contribution in [-0.2, 0) is 16.2 Å². The van der Waals surface area contributed by atoms with Crippen LogP contribution in [0.15, 0.2) is 53.8 Å². The fraction of sp³-hybridized carbons (Fsp3) is 0.188. The van der Waals surface area contributed by atoms with Gasteiger partial charge in [-0.2, -0.15) is 0 Å². The number of nitrogens with one attached hydrogen (secondary N) is 1. The lowest BCUT2D eigenvalue weighted by Gasteiger charge is -2.09. The Morgan fingerprint density at radius 1 is 1.27 bits per heavy atom. The van der Waals surface area contributed by atoms with Crippen molar-refractivity contribution in [3.63, 3.8) is 0 Å². The fourth-order valence-electron chi connectivity index (χ4n) is 2.17. The maximum Gasteiger partial charge on any atom is 0.264 e. The lowest BCUT2D eigenvalue weighted by atomic mass is 10.0. The Labute approximate surface area is 126 Å². The van der Waals surface area contributed by atoms with E-state index < -0.39 is 6.10 Å². The quantitative estimate of drug-likeness (QED) is 0.939. The number of hydrogen-bond acceptors (Lipinski definition) is 4. The Morgan fingerprint density at radius 3 is 2.86 bits per heavy atom. The van der Waals surface area contributed by atoms with E-state index in [-0.39, 0.29) is 18.1 Å². The second-order valence-corrected chi connectivity index (χ2v) is 4.85. The van der Waals surface area contributed by atoms with Gasteiger partial charge in [0.05, 0.1) is 18.0 Å². The Balaban J connectivity index is 1.57. The Morgan fingerprint density at radius 2 is 2.09 bits per heavy atom. The van der Waals surface area contributed by atoms with E-state index in [1.54, 1.807) is 30.5 Å². The largest absolute Gasteiger partial charge is 0.382 e. The lowest BCUT2D eigenvalue weighted by Crippen LogP contribution is -2.34. The maximum atomic E-state index is 13.7. The lowest BCUT2D eigenvalue weighted by molar-refractivity contribution is -0.131. The predicted octanol–water partition coefficient (Wildman–Crippen LogP) is 2.03. The summed E-state index contributed by atoms with van der Waals surface area (Å²) in [6, 6.07) is 11.8. The van der Waals surface area contributed by atoms with Gasteiger partial charge >= 0.3 is 0 Å². The zero-order valence-electron chi connectivity index (χ0n) is 11.7. The molecular formula is C16H14FN3O2. The van der Waals surface area contributed by atoms with E-state index in [4.69, 9.17) is 4.84 Å². The molecule has 1 aromatic heterocycles. The summed E-state index contributed by atoms with van der Waals surface area (Å²) in [5.74, 6) is -0.667. The van der Waals surface area contributed by atoms with Gasteiger partial charge in [0.15, 0.2) is 0 Å². The molecule has 0 saturated carbocycles. The molecule has 0 saturated heterocycles. The van der Waals surface area contributed by atoms with Gasteiger partial charge in [-0.25, -0.2) is 4.39 Å². The van der Waals surface area contributed by atoms with Crippen molar-refractivity contribution in [3.05, 3.63) is 65.7 Å².